The molecule has 7 heteroatoms. The van der Waals surface area contributed by atoms with Crippen molar-refractivity contribution in [2.45, 2.75) is 12.5 Å². The van der Waals surface area contributed by atoms with Gasteiger partial charge < -0.3 is 24.4 Å². The second kappa shape index (κ2) is 8.44. The standard InChI is InChI=1S/C20H22N2O5/c1-25-16-5-3-15(4-6-16)22-12-14(11-20(22)24)21-19(23)13-27-18-9-7-17(26-2)8-10-18/h3-10,14H,11-13H2,1-2H3,(H,21,23). The van der Waals surface area contributed by atoms with Gasteiger partial charge in [0.25, 0.3) is 5.91 Å². The number of amides is 2. The van der Waals surface area contributed by atoms with Gasteiger partial charge in [-0.3, -0.25) is 9.59 Å². The number of carbonyl (C=O) groups excluding carboxylic acids is 2. The van der Waals surface area contributed by atoms with Crippen molar-refractivity contribution < 1.29 is 23.8 Å². The normalized spacial score (nSPS) is 16.1. The van der Waals surface area contributed by atoms with Crippen LogP contribution in [0.3, 0.4) is 0 Å². The Bertz CT molecular complexity index is 789. The topological polar surface area (TPSA) is 77.1 Å². The van der Waals surface area contributed by atoms with Gasteiger partial charge in [0.15, 0.2) is 6.61 Å². The van der Waals surface area contributed by atoms with E-state index in [-0.39, 0.29) is 30.9 Å². The highest BCUT2D eigenvalue weighted by molar-refractivity contribution is 5.97. The first-order chi connectivity index (χ1) is 13.1. The van der Waals surface area contributed by atoms with Crippen LogP contribution >= 0.6 is 0 Å². The largest absolute Gasteiger partial charge is 0.497 e. The maximum Gasteiger partial charge on any atom is 0.258 e. The van der Waals surface area contributed by atoms with E-state index in [2.05, 4.69) is 5.32 Å². The van der Waals surface area contributed by atoms with Crippen molar-refractivity contribution in [1.29, 1.82) is 0 Å². The van der Waals surface area contributed by atoms with Crippen LogP contribution in [0.15, 0.2) is 48.5 Å². The minimum atomic E-state index is -0.264. The maximum atomic E-state index is 12.3. The third kappa shape index (κ3) is 4.69. The van der Waals surface area contributed by atoms with Crippen molar-refractivity contribution in [3.8, 4) is 17.2 Å². The first-order valence-electron chi connectivity index (χ1n) is 8.59. The Balaban J connectivity index is 1.50. The third-order valence-corrected chi connectivity index (χ3v) is 4.30. The molecule has 0 radical (unpaired) electrons. The summed E-state index contributed by atoms with van der Waals surface area (Å²) in [5.41, 5.74) is 0.784. The maximum absolute atomic E-state index is 12.3. The molecule has 0 aliphatic carbocycles. The van der Waals surface area contributed by atoms with Crippen molar-refractivity contribution in [2.75, 3.05) is 32.3 Å². The number of hydrogen-bond acceptors (Lipinski definition) is 5. The second-order valence-corrected chi connectivity index (χ2v) is 6.14. The molecule has 7 nitrogen and oxygen atoms in total. The van der Waals surface area contributed by atoms with E-state index in [0.717, 1.165) is 17.2 Å². The van der Waals surface area contributed by atoms with Crippen LogP contribution in [0, 0.1) is 0 Å². The lowest BCUT2D eigenvalue weighted by molar-refractivity contribution is -0.123. The molecule has 1 heterocycles. The molecule has 1 aliphatic heterocycles. The van der Waals surface area contributed by atoms with E-state index < -0.39 is 0 Å². The minimum Gasteiger partial charge on any atom is -0.497 e. The number of methoxy groups -OCH3 is 2. The van der Waals surface area contributed by atoms with Gasteiger partial charge in [-0.2, -0.15) is 0 Å². The average molecular weight is 370 g/mol. The van der Waals surface area contributed by atoms with E-state index in [1.54, 1.807) is 55.5 Å². The number of nitrogens with one attached hydrogen (secondary N) is 1. The minimum absolute atomic E-state index is 0.0264. The van der Waals surface area contributed by atoms with Gasteiger partial charge in [0.05, 0.1) is 20.3 Å². The van der Waals surface area contributed by atoms with Crippen LogP contribution in [-0.4, -0.2) is 45.2 Å². The Morgan fingerprint density at radius 2 is 1.56 bits per heavy atom. The monoisotopic (exact) mass is 370 g/mol. The van der Waals surface area contributed by atoms with E-state index in [9.17, 15) is 9.59 Å². The first-order valence-corrected chi connectivity index (χ1v) is 8.59. The van der Waals surface area contributed by atoms with Crippen LogP contribution in [0.25, 0.3) is 0 Å². The van der Waals surface area contributed by atoms with E-state index in [4.69, 9.17) is 14.2 Å². The molecule has 1 aliphatic rings. The summed E-state index contributed by atoms with van der Waals surface area (Å²) in [5, 5.41) is 2.85. The number of hydrogen-bond donors (Lipinski definition) is 1. The van der Waals surface area contributed by atoms with Crippen molar-refractivity contribution in [3.05, 3.63) is 48.5 Å². The molecule has 0 bridgehead atoms. The Morgan fingerprint density at radius 3 is 2.15 bits per heavy atom. The molecule has 0 saturated carbocycles. The van der Waals surface area contributed by atoms with Gasteiger partial charge in [-0.15, -0.1) is 0 Å². The summed E-state index contributed by atoms with van der Waals surface area (Å²) >= 11 is 0. The van der Waals surface area contributed by atoms with Crippen LogP contribution in [-0.2, 0) is 9.59 Å². The summed E-state index contributed by atoms with van der Waals surface area (Å²) < 4.78 is 15.7. The lowest BCUT2D eigenvalue weighted by Gasteiger charge is -2.17. The Hall–Kier alpha value is -3.22. The zero-order chi connectivity index (χ0) is 19.2. The van der Waals surface area contributed by atoms with Crippen molar-refractivity contribution in [2.24, 2.45) is 0 Å². The molecule has 1 fully saturated rings. The number of carbonyl (C=O) groups is 2. The molecule has 27 heavy (non-hydrogen) atoms. The fourth-order valence-electron chi connectivity index (χ4n) is 2.91. The summed E-state index contributed by atoms with van der Waals surface area (Å²) in [7, 11) is 3.18. The Morgan fingerprint density at radius 1 is 1.00 bits per heavy atom. The summed E-state index contributed by atoms with van der Waals surface area (Å²) in [5.74, 6) is 1.73. The molecule has 2 aromatic carbocycles. The molecule has 0 aromatic heterocycles. The highest BCUT2D eigenvalue weighted by Gasteiger charge is 2.31. The van der Waals surface area contributed by atoms with Crippen molar-refractivity contribution >= 4 is 17.5 Å². The zero-order valence-electron chi connectivity index (χ0n) is 15.3. The molecule has 1 N–H and O–H groups in total. The molecule has 2 aromatic rings. The van der Waals surface area contributed by atoms with E-state index in [0.29, 0.717) is 12.3 Å². The smallest absolute Gasteiger partial charge is 0.258 e. The summed E-state index contributed by atoms with van der Waals surface area (Å²) in [6, 6.07) is 14.0. The third-order valence-electron chi connectivity index (χ3n) is 4.30. The van der Waals surface area contributed by atoms with Crippen molar-refractivity contribution in [3.63, 3.8) is 0 Å². The number of ether oxygens (including phenoxy) is 3. The molecule has 1 saturated heterocycles. The molecular weight excluding hydrogens is 348 g/mol. The van der Waals surface area contributed by atoms with Crippen LogP contribution in [0.5, 0.6) is 17.2 Å². The van der Waals surface area contributed by atoms with Gasteiger partial charge in [-0.1, -0.05) is 0 Å². The Labute approximate surface area is 157 Å². The highest BCUT2D eigenvalue weighted by atomic mass is 16.5. The van der Waals surface area contributed by atoms with Gasteiger partial charge in [0.2, 0.25) is 5.91 Å². The van der Waals surface area contributed by atoms with Gasteiger partial charge in [0, 0.05) is 18.7 Å². The van der Waals surface area contributed by atoms with Crippen LogP contribution in [0.4, 0.5) is 5.69 Å². The number of benzene rings is 2. The van der Waals surface area contributed by atoms with E-state index in [1.807, 2.05) is 12.1 Å². The lowest BCUT2D eigenvalue weighted by atomic mass is 10.2. The Kier molecular flexibility index (Phi) is 5.80. The van der Waals surface area contributed by atoms with Crippen LogP contribution < -0.4 is 24.4 Å². The van der Waals surface area contributed by atoms with Gasteiger partial charge in [-0.05, 0) is 48.5 Å². The van der Waals surface area contributed by atoms with Crippen LogP contribution in [0.2, 0.25) is 0 Å². The zero-order valence-corrected chi connectivity index (χ0v) is 15.3. The molecule has 1 unspecified atom stereocenters. The summed E-state index contributed by atoms with van der Waals surface area (Å²) in [4.78, 5) is 26.0. The number of nitrogens with zero attached hydrogens (tertiary/aromatic N) is 1. The number of anilines is 1. The highest BCUT2D eigenvalue weighted by Crippen LogP contribution is 2.24. The molecule has 142 valence electrons. The van der Waals surface area contributed by atoms with Gasteiger partial charge >= 0.3 is 0 Å². The van der Waals surface area contributed by atoms with E-state index >= 15 is 0 Å². The molecule has 2 amide bonds. The SMILES string of the molecule is COc1ccc(OCC(=O)NC2CC(=O)N(c3ccc(OC)cc3)C2)cc1. The summed E-state index contributed by atoms with van der Waals surface area (Å²) in [6.45, 7) is 0.318. The quantitative estimate of drug-likeness (QED) is 0.807. The number of rotatable bonds is 7. The molecule has 0 spiro atoms. The fraction of sp³-hybridized carbons (Fsp3) is 0.300. The van der Waals surface area contributed by atoms with Crippen molar-refractivity contribution in [1.82, 2.24) is 5.32 Å². The summed E-state index contributed by atoms with van der Waals surface area (Å²) in [6.07, 6.45) is 0.264. The molecular formula is C20H22N2O5. The molecule has 3 rings (SSSR count). The van der Waals surface area contributed by atoms with Crippen LogP contribution in [0.1, 0.15) is 6.42 Å². The van der Waals surface area contributed by atoms with Gasteiger partial charge in [-0.25, -0.2) is 0 Å². The first kappa shape index (κ1) is 18.6. The molecule has 1 atom stereocenters. The average Bonchev–Trinajstić information content (AvgIpc) is 3.06. The van der Waals surface area contributed by atoms with Gasteiger partial charge in [0.1, 0.15) is 17.2 Å². The lowest BCUT2D eigenvalue weighted by Crippen LogP contribution is -2.39. The second-order valence-electron chi connectivity index (χ2n) is 6.14. The predicted octanol–water partition coefficient (Wildman–Crippen LogP) is 2.00. The van der Waals surface area contributed by atoms with E-state index in [1.165, 1.54) is 0 Å². The fourth-order valence-corrected chi connectivity index (χ4v) is 2.91. The predicted molar refractivity (Wildman–Crippen MR) is 100 cm³/mol.